The molecule has 25 heavy (non-hydrogen) atoms. The van der Waals surface area contributed by atoms with Crippen LogP contribution in [0.3, 0.4) is 0 Å². The first-order valence-corrected chi connectivity index (χ1v) is 10.0. The number of hydrogen-bond donors (Lipinski definition) is 1. The van der Waals surface area contributed by atoms with E-state index in [1.54, 1.807) is 4.90 Å². The zero-order chi connectivity index (χ0) is 17.8. The summed E-state index contributed by atoms with van der Waals surface area (Å²) in [5, 5.41) is 3.43. The molecular formula is C20H32N2O3. The van der Waals surface area contributed by atoms with Crippen molar-refractivity contribution in [3.8, 4) is 0 Å². The normalized spacial score (nSPS) is 39.6. The molecule has 140 valence electrons. The van der Waals surface area contributed by atoms with Crippen LogP contribution in [0.1, 0.15) is 72.1 Å². The Balaban J connectivity index is 1.43. The molecular weight excluding hydrogens is 316 g/mol. The van der Waals surface area contributed by atoms with E-state index in [2.05, 4.69) is 5.32 Å². The fraction of sp³-hybridized carbons (Fsp3) is 0.900. The first-order chi connectivity index (χ1) is 11.7. The highest BCUT2D eigenvalue weighted by Crippen LogP contribution is 2.55. The van der Waals surface area contributed by atoms with Crippen LogP contribution in [-0.2, 0) is 9.53 Å². The summed E-state index contributed by atoms with van der Waals surface area (Å²) < 4.78 is 5.50. The molecule has 0 aromatic rings. The first kappa shape index (κ1) is 17.2. The van der Waals surface area contributed by atoms with Crippen molar-refractivity contribution in [1.29, 1.82) is 0 Å². The first-order valence-electron chi connectivity index (χ1n) is 10.0. The molecule has 0 aromatic carbocycles. The molecule has 5 fully saturated rings. The highest BCUT2D eigenvalue weighted by atomic mass is 16.6. The molecule has 0 radical (unpaired) electrons. The van der Waals surface area contributed by atoms with Crippen LogP contribution in [0.2, 0.25) is 0 Å². The van der Waals surface area contributed by atoms with Crippen LogP contribution in [0.4, 0.5) is 4.79 Å². The summed E-state index contributed by atoms with van der Waals surface area (Å²) in [7, 11) is 0. The number of carbonyl (C=O) groups is 2. The number of amides is 2. The third kappa shape index (κ3) is 3.39. The second kappa shape index (κ2) is 5.88. The number of carbonyl (C=O) groups excluding carboxylic acids is 2. The molecule has 0 aromatic heterocycles. The number of nitrogens with zero attached hydrogens (tertiary/aromatic N) is 1. The van der Waals surface area contributed by atoms with Gasteiger partial charge in [-0.05, 0) is 89.9 Å². The van der Waals surface area contributed by atoms with E-state index in [0.717, 1.165) is 49.9 Å². The van der Waals surface area contributed by atoms with Gasteiger partial charge in [-0.1, -0.05) is 0 Å². The topological polar surface area (TPSA) is 58.6 Å². The van der Waals surface area contributed by atoms with Crippen LogP contribution in [0.15, 0.2) is 0 Å². The average molecular weight is 348 g/mol. The summed E-state index contributed by atoms with van der Waals surface area (Å²) in [6.45, 7) is 6.22. The van der Waals surface area contributed by atoms with Crippen molar-refractivity contribution in [2.24, 2.45) is 17.8 Å². The molecule has 1 aliphatic heterocycles. The second-order valence-corrected chi connectivity index (χ2v) is 10.0. The van der Waals surface area contributed by atoms with E-state index >= 15 is 0 Å². The quantitative estimate of drug-likeness (QED) is 0.831. The van der Waals surface area contributed by atoms with Gasteiger partial charge in [0.05, 0.1) is 0 Å². The Labute approximate surface area is 150 Å². The molecule has 4 aliphatic carbocycles. The summed E-state index contributed by atoms with van der Waals surface area (Å²) in [5.41, 5.74) is -0.519. The van der Waals surface area contributed by atoms with E-state index in [-0.39, 0.29) is 23.6 Å². The highest BCUT2D eigenvalue weighted by Gasteiger charge is 2.52. The number of rotatable bonds is 2. The minimum Gasteiger partial charge on any atom is -0.444 e. The van der Waals surface area contributed by atoms with Gasteiger partial charge < -0.3 is 10.1 Å². The number of likely N-dealkylation sites (tertiary alicyclic amines) is 1. The van der Waals surface area contributed by atoms with Gasteiger partial charge in [0.2, 0.25) is 5.91 Å². The standard InChI is InChI=1S/C20H32N2O3/c1-19(2,3)25-18(24)22-6-4-5-16(22)17(23)21-20-10-13-7-14(11-20)9-15(8-13)12-20/h13-16H,4-12H2,1-3H3,(H,21,23). The Morgan fingerprint density at radius 2 is 1.60 bits per heavy atom. The van der Waals surface area contributed by atoms with Crippen LogP contribution < -0.4 is 5.32 Å². The Morgan fingerprint density at radius 3 is 2.12 bits per heavy atom. The number of hydrogen-bond acceptors (Lipinski definition) is 3. The molecule has 1 N–H and O–H groups in total. The Bertz CT molecular complexity index is 530. The largest absolute Gasteiger partial charge is 0.444 e. The fourth-order valence-corrected chi connectivity index (χ4v) is 6.19. The van der Waals surface area contributed by atoms with Crippen molar-refractivity contribution in [2.45, 2.75) is 89.3 Å². The lowest BCUT2D eigenvalue weighted by atomic mass is 9.53. The SMILES string of the molecule is CC(C)(C)OC(=O)N1CCCC1C(=O)NC12CC3CC(CC(C3)C1)C2. The summed E-state index contributed by atoms with van der Waals surface area (Å²) in [4.78, 5) is 27.2. The molecule has 2 amide bonds. The third-order valence-electron chi connectivity index (χ3n) is 6.61. The smallest absolute Gasteiger partial charge is 0.410 e. The van der Waals surface area contributed by atoms with Gasteiger partial charge in [0.15, 0.2) is 0 Å². The predicted molar refractivity (Wildman–Crippen MR) is 95.0 cm³/mol. The van der Waals surface area contributed by atoms with Crippen LogP contribution in [-0.4, -0.2) is 40.6 Å². The zero-order valence-electron chi connectivity index (χ0n) is 15.8. The van der Waals surface area contributed by atoms with E-state index in [1.807, 2.05) is 20.8 Å². The molecule has 5 heteroatoms. The van der Waals surface area contributed by atoms with Gasteiger partial charge >= 0.3 is 6.09 Å². The summed E-state index contributed by atoms with van der Waals surface area (Å²) in [6.07, 6.45) is 8.79. The van der Waals surface area contributed by atoms with Crippen molar-refractivity contribution in [3.05, 3.63) is 0 Å². The molecule has 0 spiro atoms. The third-order valence-corrected chi connectivity index (χ3v) is 6.61. The van der Waals surface area contributed by atoms with Gasteiger partial charge in [0, 0.05) is 12.1 Å². The molecule has 5 rings (SSSR count). The Kier molecular flexibility index (Phi) is 4.04. The maximum absolute atomic E-state index is 13.0. The van der Waals surface area contributed by atoms with Gasteiger partial charge in [0.1, 0.15) is 11.6 Å². The molecule has 1 atom stereocenters. The maximum Gasteiger partial charge on any atom is 0.410 e. The lowest BCUT2D eigenvalue weighted by Crippen LogP contribution is -2.62. The van der Waals surface area contributed by atoms with E-state index < -0.39 is 5.60 Å². The summed E-state index contributed by atoms with van der Waals surface area (Å²) >= 11 is 0. The van der Waals surface area contributed by atoms with Crippen molar-refractivity contribution < 1.29 is 14.3 Å². The Morgan fingerprint density at radius 1 is 1.04 bits per heavy atom. The lowest BCUT2D eigenvalue weighted by Gasteiger charge is -2.57. The molecule has 5 nitrogen and oxygen atoms in total. The summed E-state index contributed by atoms with van der Waals surface area (Å²) in [6, 6.07) is -0.358. The van der Waals surface area contributed by atoms with Gasteiger partial charge in [0.25, 0.3) is 0 Å². The van der Waals surface area contributed by atoms with Crippen LogP contribution in [0.5, 0.6) is 0 Å². The predicted octanol–water partition coefficient (Wildman–Crippen LogP) is 3.47. The van der Waals surface area contributed by atoms with E-state index in [4.69, 9.17) is 4.74 Å². The van der Waals surface area contributed by atoms with Gasteiger partial charge in [-0.15, -0.1) is 0 Å². The van der Waals surface area contributed by atoms with Crippen molar-refractivity contribution in [1.82, 2.24) is 10.2 Å². The summed E-state index contributed by atoms with van der Waals surface area (Å²) in [5.74, 6) is 2.46. The van der Waals surface area contributed by atoms with Crippen LogP contribution >= 0.6 is 0 Å². The van der Waals surface area contributed by atoms with E-state index in [0.29, 0.717) is 6.54 Å². The van der Waals surface area contributed by atoms with E-state index in [9.17, 15) is 9.59 Å². The number of nitrogens with one attached hydrogen (secondary N) is 1. The van der Waals surface area contributed by atoms with Crippen LogP contribution in [0.25, 0.3) is 0 Å². The van der Waals surface area contributed by atoms with Crippen molar-refractivity contribution >= 4 is 12.0 Å². The maximum atomic E-state index is 13.0. The second-order valence-electron chi connectivity index (χ2n) is 10.0. The monoisotopic (exact) mass is 348 g/mol. The average Bonchev–Trinajstić information content (AvgIpc) is 2.92. The molecule has 5 aliphatic rings. The lowest BCUT2D eigenvalue weighted by molar-refractivity contribution is -0.131. The van der Waals surface area contributed by atoms with Crippen molar-refractivity contribution in [3.63, 3.8) is 0 Å². The molecule has 1 heterocycles. The van der Waals surface area contributed by atoms with Gasteiger partial charge in [-0.25, -0.2) is 4.79 Å². The number of ether oxygens (including phenoxy) is 1. The Hall–Kier alpha value is -1.26. The highest BCUT2D eigenvalue weighted by molar-refractivity contribution is 5.86. The fourth-order valence-electron chi connectivity index (χ4n) is 6.19. The molecule has 1 saturated heterocycles. The van der Waals surface area contributed by atoms with Crippen molar-refractivity contribution in [2.75, 3.05) is 6.54 Å². The minimum absolute atomic E-state index is 0.00796. The minimum atomic E-state index is -0.527. The molecule has 1 unspecified atom stereocenters. The van der Waals surface area contributed by atoms with Gasteiger partial charge in [-0.3, -0.25) is 9.69 Å². The molecule has 4 saturated carbocycles. The van der Waals surface area contributed by atoms with E-state index in [1.165, 1.54) is 19.3 Å². The molecule has 4 bridgehead atoms. The van der Waals surface area contributed by atoms with Crippen LogP contribution in [0, 0.1) is 17.8 Å². The van der Waals surface area contributed by atoms with Gasteiger partial charge in [-0.2, -0.15) is 0 Å². The zero-order valence-corrected chi connectivity index (χ0v) is 15.8.